The van der Waals surface area contributed by atoms with Gasteiger partial charge in [-0.2, -0.15) is 0 Å². The molecule has 4 fully saturated rings. The van der Waals surface area contributed by atoms with E-state index >= 15 is 0 Å². The van der Waals surface area contributed by atoms with Gasteiger partial charge in [0.1, 0.15) is 30.2 Å². The largest absolute Gasteiger partial charge is 0.394 e. The summed E-state index contributed by atoms with van der Waals surface area (Å²) in [6, 6.07) is 0. The van der Waals surface area contributed by atoms with Gasteiger partial charge in [0.25, 0.3) is 0 Å². The second kappa shape index (κ2) is 11.7. The van der Waals surface area contributed by atoms with Crippen molar-refractivity contribution in [2.24, 2.45) is 45.3 Å². The van der Waals surface area contributed by atoms with Gasteiger partial charge in [-0.25, -0.2) is 0 Å². The van der Waals surface area contributed by atoms with Crippen LogP contribution in [0.15, 0.2) is 11.6 Å². The van der Waals surface area contributed by atoms with Crippen molar-refractivity contribution in [3.05, 3.63) is 11.6 Å². The summed E-state index contributed by atoms with van der Waals surface area (Å²) in [5, 5.41) is 51.1. The van der Waals surface area contributed by atoms with Crippen molar-refractivity contribution in [2.75, 3.05) is 6.61 Å². The number of aliphatic hydroxyl groups excluding tert-OH is 4. The van der Waals surface area contributed by atoms with Crippen LogP contribution >= 0.6 is 0 Å². The van der Waals surface area contributed by atoms with Crippen LogP contribution in [-0.2, 0) is 14.3 Å². The van der Waals surface area contributed by atoms with Crippen LogP contribution in [-0.4, -0.2) is 80.3 Å². The zero-order chi connectivity index (χ0) is 32.6. The molecule has 13 atom stereocenters. The summed E-state index contributed by atoms with van der Waals surface area (Å²) in [6.07, 6.45) is 3.64. The second-order valence-electron chi connectivity index (χ2n) is 17.2. The number of rotatable bonds is 8. The van der Waals surface area contributed by atoms with Crippen LogP contribution < -0.4 is 0 Å². The SMILES string of the molecule is C[C@H](CCCC(C)(C)O)C1CC[C@@]2(C)C3CC=C4C(CC[C@H](OC5O[C@H](CO)[C@@H](O)[C@H](O)[C@H]5O)C4(C)C)[C@]3(C)C(=O)C[C@]12C. The molecule has 0 aromatic carbocycles. The Morgan fingerprint density at radius 3 is 2.34 bits per heavy atom. The smallest absolute Gasteiger partial charge is 0.187 e. The Kier molecular flexibility index (Phi) is 9.15. The van der Waals surface area contributed by atoms with E-state index in [0.717, 1.165) is 44.9 Å². The normalized spacial score (nSPS) is 47.8. The highest BCUT2D eigenvalue weighted by atomic mass is 16.7. The number of hydrogen-bond acceptors (Lipinski definition) is 8. The summed E-state index contributed by atoms with van der Waals surface area (Å²) in [6.45, 7) is 17.0. The van der Waals surface area contributed by atoms with Crippen molar-refractivity contribution in [1.82, 2.24) is 0 Å². The van der Waals surface area contributed by atoms with E-state index in [0.29, 0.717) is 30.5 Å². The van der Waals surface area contributed by atoms with E-state index in [2.05, 4.69) is 47.6 Å². The van der Waals surface area contributed by atoms with Crippen LogP contribution in [0, 0.1) is 45.3 Å². The molecule has 3 saturated carbocycles. The van der Waals surface area contributed by atoms with Gasteiger partial charge in [0.2, 0.25) is 0 Å². The topological polar surface area (TPSA) is 137 Å². The minimum absolute atomic E-state index is 0.0489. The summed E-state index contributed by atoms with van der Waals surface area (Å²) < 4.78 is 12.1. The molecule has 4 aliphatic carbocycles. The van der Waals surface area contributed by atoms with Crippen molar-refractivity contribution in [1.29, 1.82) is 0 Å². The fourth-order valence-corrected chi connectivity index (χ4v) is 11.0. The summed E-state index contributed by atoms with van der Waals surface area (Å²) in [5.74, 6) is 1.78. The summed E-state index contributed by atoms with van der Waals surface area (Å²) in [4.78, 5) is 14.6. The first kappa shape index (κ1) is 34.5. The molecule has 0 radical (unpaired) electrons. The minimum Gasteiger partial charge on any atom is -0.394 e. The van der Waals surface area contributed by atoms with Gasteiger partial charge in [0, 0.05) is 17.3 Å². The first-order valence-corrected chi connectivity index (χ1v) is 17.2. The molecule has 8 heteroatoms. The fraction of sp³-hybridized carbons (Fsp3) is 0.917. The number of ketones is 1. The number of carbonyl (C=O) groups is 1. The Labute approximate surface area is 264 Å². The molecule has 0 amide bonds. The molecule has 0 aromatic rings. The number of ether oxygens (including phenoxy) is 2. The van der Waals surface area contributed by atoms with Gasteiger partial charge in [-0.1, -0.05) is 66.0 Å². The van der Waals surface area contributed by atoms with Crippen LogP contribution in [0.2, 0.25) is 0 Å². The maximum Gasteiger partial charge on any atom is 0.187 e. The average molecular weight is 621 g/mol. The van der Waals surface area contributed by atoms with Crippen molar-refractivity contribution in [2.45, 2.75) is 156 Å². The maximum absolute atomic E-state index is 14.6. The number of aliphatic hydroxyl groups is 5. The van der Waals surface area contributed by atoms with Gasteiger partial charge >= 0.3 is 0 Å². The number of allylic oxidation sites excluding steroid dienone is 1. The number of carbonyl (C=O) groups excluding carboxylic acids is 1. The summed E-state index contributed by atoms with van der Waals surface area (Å²) in [5.41, 5.74) is -0.289. The summed E-state index contributed by atoms with van der Waals surface area (Å²) in [7, 11) is 0. The lowest BCUT2D eigenvalue weighted by Gasteiger charge is -2.65. The Hall–Kier alpha value is -0.870. The number of hydrogen-bond donors (Lipinski definition) is 5. The predicted molar refractivity (Wildman–Crippen MR) is 167 cm³/mol. The molecule has 5 aliphatic rings. The maximum atomic E-state index is 14.6. The highest BCUT2D eigenvalue weighted by molar-refractivity contribution is 5.88. The molecule has 8 nitrogen and oxygen atoms in total. The highest BCUT2D eigenvalue weighted by Crippen LogP contribution is 2.74. The average Bonchev–Trinajstić information content (AvgIpc) is 3.20. The number of fused-ring (bicyclic) bond motifs is 5. The Balaban J connectivity index is 1.37. The lowest BCUT2D eigenvalue weighted by atomic mass is 9.38. The third-order valence-corrected chi connectivity index (χ3v) is 13.9. The van der Waals surface area contributed by atoms with E-state index < -0.39 is 53.7 Å². The third-order valence-electron chi connectivity index (χ3n) is 13.9. The highest BCUT2D eigenvalue weighted by Gasteiger charge is 2.70. The molecule has 252 valence electrons. The molecule has 0 bridgehead atoms. The molecule has 5 N–H and O–H groups in total. The molecule has 1 aliphatic heterocycles. The first-order chi connectivity index (χ1) is 20.3. The zero-order valence-corrected chi connectivity index (χ0v) is 28.4. The molecular weight excluding hydrogens is 560 g/mol. The van der Waals surface area contributed by atoms with Gasteiger partial charge in [-0.05, 0) is 86.9 Å². The van der Waals surface area contributed by atoms with Crippen LogP contribution in [0.25, 0.3) is 0 Å². The zero-order valence-electron chi connectivity index (χ0n) is 28.4. The van der Waals surface area contributed by atoms with Gasteiger partial charge < -0.3 is 35.0 Å². The van der Waals surface area contributed by atoms with Crippen LogP contribution in [0.4, 0.5) is 0 Å². The molecule has 0 aromatic heterocycles. The standard InChI is InChI=1S/C36H60O8/c1-20(10-9-16-32(2,3)42)21-15-17-34(6)25-13-11-22-23(36(25,8)26(38)18-35(21,34)7)12-14-27(33(22,4)5)44-31-30(41)29(40)28(39)24(19-37)43-31/h11,20-21,23-25,27-31,37,39-42H,9-10,12-19H2,1-8H3/t20-,21?,23?,24-,25?,27+,28-,29+,30-,31?,34+,35-,36+/m1/s1. The molecule has 44 heavy (non-hydrogen) atoms. The van der Waals surface area contributed by atoms with Gasteiger partial charge in [-0.15, -0.1) is 0 Å². The molecule has 4 unspecified atom stereocenters. The van der Waals surface area contributed by atoms with Crippen molar-refractivity contribution >= 4 is 5.78 Å². The molecular formula is C36H60O8. The van der Waals surface area contributed by atoms with Crippen molar-refractivity contribution in [3.8, 4) is 0 Å². The van der Waals surface area contributed by atoms with E-state index in [9.17, 15) is 30.3 Å². The lowest BCUT2D eigenvalue weighted by molar-refractivity contribution is -0.319. The Bertz CT molecular complexity index is 1110. The monoisotopic (exact) mass is 620 g/mol. The minimum atomic E-state index is -1.48. The second-order valence-corrected chi connectivity index (χ2v) is 17.2. The van der Waals surface area contributed by atoms with Crippen LogP contribution in [0.3, 0.4) is 0 Å². The van der Waals surface area contributed by atoms with Crippen molar-refractivity contribution in [3.63, 3.8) is 0 Å². The molecule has 1 heterocycles. The van der Waals surface area contributed by atoms with Gasteiger partial charge in [-0.3, -0.25) is 4.79 Å². The van der Waals surface area contributed by atoms with E-state index in [-0.39, 0.29) is 28.8 Å². The quantitative estimate of drug-likeness (QED) is 0.250. The molecule has 5 rings (SSSR count). The Morgan fingerprint density at radius 2 is 1.70 bits per heavy atom. The lowest BCUT2D eigenvalue weighted by Crippen LogP contribution is -2.64. The molecule has 1 saturated heterocycles. The van der Waals surface area contributed by atoms with E-state index in [1.807, 2.05) is 13.8 Å². The van der Waals surface area contributed by atoms with E-state index in [1.54, 1.807) is 0 Å². The third kappa shape index (κ3) is 5.27. The molecule has 0 spiro atoms. The van der Waals surface area contributed by atoms with E-state index in [4.69, 9.17) is 9.47 Å². The summed E-state index contributed by atoms with van der Waals surface area (Å²) >= 11 is 0. The van der Waals surface area contributed by atoms with Gasteiger partial charge in [0.15, 0.2) is 6.29 Å². The predicted octanol–water partition coefficient (Wildman–Crippen LogP) is 4.53. The first-order valence-electron chi connectivity index (χ1n) is 17.2. The van der Waals surface area contributed by atoms with Crippen LogP contribution in [0.5, 0.6) is 0 Å². The Morgan fingerprint density at radius 1 is 1.02 bits per heavy atom. The fourth-order valence-electron chi connectivity index (χ4n) is 11.0. The van der Waals surface area contributed by atoms with Crippen LogP contribution in [0.1, 0.15) is 113 Å². The van der Waals surface area contributed by atoms with E-state index in [1.165, 1.54) is 5.57 Å². The number of Topliss-reactive ketones (excluding diaryl/α,β-unsaturated/α-hetero) is 1. The van der Waals surface area contributed by atoms with Gasteiger partial charge in [0.05, 0.1) is 18.3 Å². The van der Waals surface area contributed by atoms with Crippen molar-refractivity contribution < 1.29 is 39.8 Å².